The Bertz CT molecular complexity index is 793. The van der Waals surface area contributed by atoms with Crippen molar-refractivity contribution in [2.45, 2.75) is 25.3 Å². The van der Waals surface area contributed by atoms with E-state index < -0.39 is 5.91 Å². The van der Waals surface area contributed by atoms with Gasteiger partial charge in [0.15, 0.2) is 0 Å². The first kappa shape index (κ1) is 19.2. The summed E-state index contributed by atoms with van der Waals surface area (Å²) >= 11 is 0. The molecule has 6 heteroatoms. The second-order valence-corrected chi connectivity index (χ2v) is 6.69. The van der Waals surface area contributed by atoms with Crippen LogP contribution in [0.4, 0.5) is 0 Å². The predicted octanol–water partition coefficient (Wildman–Crippen LogP) is 2.12. The zero-order valence-corrected chi connectivity index (χ0v) is 15.2. The number of hydrogen-bond donors (Lipinski definition) is 3. The summed E-state index contributed by atoms with van der Waals surface area (Å²) in [5.74, 6) is -0.543. The van der Waals surface area contributed by atoms with Crippen LogP contribution in [-0.2, 0) is 17.6 Å². The third-order valence-electron chi connectivity index (χ3n) is 5.02. The summed E-state index contributed by atoms with van der Waals surface area (Å²) in [5.41, 5.74) is 6.34. The SMILES string of the molecule is O=C(C=Cc1ccc2c(c1)CCC2N(CCO)CCc1ccncc1)NO. The van der Waals surface area contributed by atoms with Gasteiger partial charge in [-0.25, -0.2) is 5.48 Å². The van der Waals surface area contributed by atoms with Crippen molar-refractivity contribution in [2.24, 2.45) is 0 Å². The molecule has 0 fully saturated rings. The third-order valence-corrected chi connectivity index (χ3v) is 5.02. The number of nitrogens with one attached hydrogen (secondary N) is 1. The third kappa shape index (κ3) is 5.01. The Morgan fingerprint density at radius 3 is 2.81 bits per heavy atom. The molecule has 1 aliphatic rings. The average molecular weight is 367 g/mol. The predicted molar refractivity (Wildman–Crippen MR) is 103 cm³/mol. The van der Waals surface area contributed by atoms with Crippen LogP contribution in [0.3, 0.4) is 0 Å². The van der Waals surface area contributed by atoms with Gasteiger partial charge in [-0.1, -0.05) is 18.2 Å². The van der Waals surface area contributed by atoms with Gasteiger partial charge in [0.25, 0.3) is 5.91 Å². The lowest BCUT2D eigenvalue weighted by molar-refractivity contribution is -0.124. The van der Waals surface area contributed by atoms with Crippen LogP contribution in [-0.4, -0.2) is 45.8 Å². The van der Waals surface area contributed by atoms with E-state index in [4.69, 9.17) is 5.21 Å². The molecule has 1 aromatic heterocycles. The molecule has 0 spiro atoms. The highest BCUT2D eigenvalue weighted by atomic mass is 16.5. The summed E-state index contributed by atoms with van der Waals surface area (Å²) in [6, 6.07) is 10.5. The van der Waals surface area contributed by atoms with Gasteiger partial charge < -0.3 is 5.11 Å². The minimum atomic E-state index is -0.543. The molecule has 142 valence electrons. The van der Waals surface area contributed by atoms with Crippen molar-refractivity contribution in [3.8, 4) is 0 Å². The molecule has 1 aliphatic carbocycles. The molecule has 0 radical (unpaired) electrons. The van der Waals surface area contributed by atoms with Crippen molar-refractivity contribution >= 4 is 12.0 Å². The number of amides is 1. The highest BCUT2D eigenvalue weighted by Gasteiger charge is 2.27. The number of hydroxylamine groups is 1. The zero-order chi connectivity index (χ0) is 19.1. The number of fused-ring (bicyclic) bond motifs is 1. The Labute approximate surface area is 159 Å². The highest BCUT2D eigenvalue weighted by Crippen LogP contribution is 2.36. The maximum atomic E-state index is 11.1. The van der Waals surface area contributed by atoms with E-state index in [0.29, 0.717) is 12.6 Å². The summed E-state index contributed by atoms with van der Waals surface area (Å²) in [5, 5.41) is 18.1. The molecule has 0 saturated carbocycles. The van der Waals surface area contributed by atoms with Crippen LogP contribution in [0.25, 0.3) is 6.08 Å². The van der Waals surface area contributed by atoms with Crippen LogP contribution >= 0.6 is 0 Å². The number of aromatic nitrogens is 1. The number of rotatable bonds is 8. The van der Waals surface area contributed by atoms with Crippen molar-refractivity contribution in [1.82, 2.24) is 15.4 Å². The Morgan fingerprint density at radius 1 is 1.26 bits per heavy atom. The molecule has 6 nitrogen and oxygen atoms in total. The minimum absolute atomic E-state index is 0.138. The Kier molecular flexibility index (Phi) is 6.70. The second kappa shape index (κ2) is 9.41. The first-order valence-electron chi connectivity index (χ1n) is 9.20. The molecular formula is C21H25N3O3. The fourth-order valence-corrected chi connectivity index (χ4v) is 3.68. The molecule has 3 rings (SSSR count). The number of benzene rings is 1. The number of hydrogen-bond acceptors (Lipinski definition) is 5. The molecular weight excluding hydrogens is 342 g/mol. The fraction of sp³-hybridized carbons (Fsp3) is 0.333. The first-order chi connectivity index (χ1) is 13.2. The van der Waals surface area contributed by atoms with E-state index in [9.17, 15) is 9.90 Å². The average Bonchev–Trinajstić information content (AvgIpc) is 3.13. The van der Waals surface area contributed by atoms with Crippen LogP contribution in [0.1, 0.15) is 34.7 Å². The number of aryl methyl sites for hydroxylation is 1. The summed E-state index contributed by atoms with van der Waals surface area (Å²) in [4.78, 5) is 17.5. The molecule has 1 atom stereocenters. The lowest BCUT2D eigenvalue weighted by Gasteiger charge is -2.29. The van der Waals surface area contributed by atoms with Gasteiger partial charge in [0.2, 0.25) is 0 Å². The molecule has 0 bridgehead atoms. The van der Waals surface area contributed by atoms with Crippen LogP contribution in [0.5, 0.6) is 0 Å². The molecule has 1 aromatic carbocycles. The quantitative estimate of drug-likeness (QED) is 0.378. The maximum Gasteiger partial charge on any atom is 0.267 e. The van der Waals surface area contributed by atoms with E-state index in [0.717, 1.165) is 31.4 Å². The molecule has 0 aliphatic heterocycles. The Morgan fingerprint density at radius 2 is 2.07 bits per heavy atom. The monoisotopic (exact) mass is 367 g/mol. The molecule has 1 heterocycles. The van der Waals surface area contributed by atoms with Crippen LogP contribution in [0.2, 0.25) is 0 Å². The normalized spacial score (nSPS) is 16.0. The molecule has 3 N–H and O–H groups in total. The van der Waals surface area contributed by atoms with E-state index in [1.54, 1.807) is 11.6 Å². The largest absolute Gasteiger partial charge is 0.395 e. The van der Waals surface area contributed by atoms with Crippen LogP contribution < -0.4 is 5.48 Å². The van der Waals surface area contributed by atoms with E-state index >= 15 is 0 Å². The molecule has 2 aromatic rings. The number of aliphatic hydroxyl groups excluding tert-OH is 1. The van der Waals surface area contributed by atoms with Crippen LogP contribution in [0, 0.1) is 0 Å². The van der Waals surface area contributed by atoms with Crippen LogP contribution in [0.15, 0.2) is 48.8 Å². The van der Waals surface area contributed by atoms with Gasteiger partial charge >= 0.3 is 0 Å². The van der Waals surface area contributed by atoms with Crippen molar-refractivity contribution in [2.75, 3.05) is 19.7 Å². The Hall–Kier alpha value is -2.54. The molecule has 1 amide bonds. The van der Waals surface area contributed by atoms with Crippen molar-refractivity contribution < 1.29 is 15.1 Å². The summed E-state index contributed by atoms with van der Waals surface area (Å²) in [6.07, 6.45) is 9.53. The zero-order valence-electron chi connectivity index (χ0n) is 15.2. The molecule has 1 unspecified atom stereocenters. The number of carbonyl (C=O) groups is 1. The van der Waals surface area contributed by atoms with Crippen molar-refractivity contribution in [3.63, 3.8) is 0 Å². The van der Waals surface area contributed by atoms with Crippen molar-refractivity contribution in [1.29, 1.82) is 0 Å². The van der Waals surface area contributed by atoms with Gasteiger partial charge in [0.05, 0.1) is 6.61 Å². The summed E-state index contributed by atoms with van der Waals surface area (Å²) in [6.45, 7) is 1.67. The van der Waals surface area contributed by atoms with Gasteiger partial charge in [-0.3, -0.25) is 19.9 Å². The van der Waals surface area contributed by atoms with Gasteiger partial charge in [-0.05, 0) is 59.7 Å². The van der Waals surface area contributed by atoms with E-state index in [2.05, 4.69) is 22.0 Å². The number of pyridine rings is 1. The maximum absolute atomic E-state index is 11.1. The van der Waals surface area contributed by atoms with E-state index in [-0.39, 0.29) is 6.61 Å². The topological polar surface area (TPSA) is 85.7 Å². The lowest BCUT2D eigenvalue weighted by Crippen LogP contribution is -2.32. The standard InChI is InChI=1S/C21H25N3O3/c25-14-13-24(12-9-16-7-10-22-11-8-16)20-5-3-18-15-17(1-4-19(18)20)2-6-21(26)23-27/h1-2,4,6-8,10-11,15,20,25,27H,3,5,9,12-14H2,(H,23,26). The van der Waals surface area contributed by atoms with Gasteiger partial charge in [0.1, 0.15) is 0 Å². The van der Waals surface area contributed by atoms with Gasteiger partial charge in [-0.2, -0.15) is 0 Å². The number of carbonyl (C=O) groups excluding carboxylic acids is 1. The fourth-order valence-electron chi connectivity index (χ4n) is 3.68. The van der Waals surface area contributed by atoms with E-state index in [1.165, 1.54) is 22.8 Å². The number of nitrogens with zero attached hydrogens (tertiary/aromatic N) is 2. The highest BCUT2D eigenvalue weighted by molar-refractivity contribution is 5.90. The summed E-state index contributed by atoms with van der Waals surface area (Å²) < 4.78 is 0. The first-order valence-corrected chi connectivity index (χ1v) is 9.20. The lowest BCUT2D eigenvalue weighted by atomic mass is 10.0. The summed E-state index contributed by atoms with van der Waals surface area (Å²) in [7, 11) is 0. The van der Waals surface area contributed by atoms with Gasteiger partial charge in [0, 0.05) is 37.6 Å². The minimum Gasteiger partial charge on any atom is -0.395 e. The number of aliphatic hydroxyl groups is 1. The van der Waals surface area contributed by atoms with Crippen molar-refractivity contribution in [3.05, 3.63) is 71.1 Å². The van der Waals surface area contributed by atoms with E-state index in [1.807, 2.05) is 30.6 Å². The van der Waals surface area contributed by atoms with Gasteiger partial charge in [-0.15, -0.1) is 0 Å². The molecule has 27 heavy (non-hydrogen) atoms. The Balaban J connectivity index is 1.71. The second-order valence-electron chi connectivity index (χ2n) is 6.69. The smallest absolute Gasteiger partial charge is 0.267 e. The molecule has 0 saturated heterocycles.